The summed E-state index contributed by atoms with van der Waals surface area (Å²) in [4.78, 5) is 36.3. The molecule has 2 unspecified atom stereocenters. The Labute approximate surface area is 341 Å². The molecule has 0 bridgehead atoms. The Bertz CT molecular complexity index is 2810. The molecule has 0 saturated heterocycles. The van der Waals surface area contributed by atoms with E-state index < -0.39 is 42.2 Å². The number of nitrogens with one attached hydrogen (secondary N) is 4. The normalized spacial score (nSPS) is 14.4. The highest BCUT2D eigenvalue weighted by atomic mass is 32.2. The predicted octanol–water partition coefficient (Wildman–Crippen LogP) is 2.90. The number of benzene rings is 4. The minimum absolute atomic E-state index is 0.0143. The van der Waals surface area contributed by atoms with Crippen LogP contribution in [0.4, 0.5) is 22.7 Å². The first-order valence-corrected chi connectivity index (χ1v) is 20.7. The topological polar surface area (TPSA) is 306 Å². The summed E-state index contributed by atoms with van der Waals surface area (Å²) in [6.45, 7) is 2.81. The van der Waals surface area contributed by atoms with Crippen molar-refractivity contribution in [2.45, 2.75) is 35.8 Å². The summed E-state index contributed by atoms with van der Waals surface area (Å²) in [5.74, 6) is 0. The molecular formula is C38H38N10O10S2. The molecule has 6 aromatic rings. The van der Waals surface area contributed by atoms with Crippen molar-refractivity contribution in [1.29, 1.82) is 0 Å². The number of aliphatic hydroxyl groups is 2. The van der Waals surface area contributed by atoms with Gasteiger partial charge in [-0.1, -0.05) is 60.7 Å². The van der Waals surface area contributed by atoms with Crippen LogP contribution in [0.1, 0.15) is 25.0 Å². The quantitative estimate of drug-likeness (QED) is 0.0579. The fourth-order valence-electron chi connectivity index (χ4n) is 5.13. The molecule has 2 atom stereocenters. The standard InChI is InChI=1S/C38H38N10O10S2/c1-23(49)21-57-37-45-33(39-27-9-5-3-6-10-27)43-35(47-37)41-29-17-15-25(31(19-29)59(51,52)53)13-14-26-16-18-30(20-32(26)60(54,55)56)42-36-44-34(40-28-11-7-4-8-12-28)46-38(48-36)58-22-24(2)50/h3-20,23-24,49-50H,21-22H2,1-2H3,(H,51,52,53)(H,54,55,56)(H2,39,41,43,45,47)(H2,40,42,44,46,48). The Morgan fingerprint density at radius 1 is 0.567 bits per heavy atom. The van der Waals surface area contributed by atoms with Crippen molar-refractivity contribution in [2.75, 3.05) is 13.2 Å². The lowest BCUT2D eigenvalue weighted by molar-refractivity contribution is 0.116. The molecular weight excluding hydrogens is 821 g/mol. The van der Waals surface area contributed by atoms with Crippen LogP contribution >= 0.6 is 0 Å². The highest BCUT2D eigenvalue weighted by Gasteiger charge is 2.18. The van der Waals surface area contributed by atoms with Crippen LogP contribution in [0.5, 0.6) is 12.0 Å². The molecule has 22 heteroatoms. The predicted molar refractivity (Wildman–Crippen MR) is 215 cm³/mol. The molecule has 2 heterocycles. The van der Waals surface area contributed by atoms with Crippen molar-refractivity contribution in [3.63, 3.8) is 0 Å². The number of rotatable bonds is 14. The van der Waals surface area contributed by atoms with E-state index in [4.69, 9.17) is 9.47 Å². The number of nitrogens with zero attached hydrogens (tertiary/aromatic N) is 6. The minimum atomic E-state index is -4.89. The fourth-order valence-corrected chi connectivity index (χ4v) is 6.54. The van der Waals surface area contributed by atoms with E-state index >= 15 is 0 Å². The molecule has 20 nitrogen and oxygen atoms in total. The molecule has 0 radical (unpaired) electrons. The van der Waals surface area contributed by atoms with Crippen LogP contribution < -0.4 is 31.9 Å². The van der Waals surface area contributed by atoms with Crippen LogP contribution in [-0.2, 0) is 20.2 Å². The number of aliphatic hydroxyl groups excluding tert-OH is 2. The fraction of sp³-hybridized carbons (Fsp3) is 0.158. The lowest BCUT2D eigenvalue weighted by atomic mass is 10.1. The molecule has 2 aromatic heterocycles. The third-order valence-corrected chi connectivity index (χ3v) is 9.52. The Kier molecular flexibility index (Phi) is 13.4. The number of aromatic nitrogens is 6. The van der Waals surface area contributed by atoms with Gasteiger partial charge < -0.3 is 19.7 Å². The van der Waals surface area contributed by atoms with Crippen molar-refractivity contribution in [1.82, 2.24) is 29.9 Å². The van der Waals surface area contributed by atoms with Crippen molar-refractivity contribution < 1.29 is 45.6 Å². The monoisotopic (exact) mass is 858 g/mol. The average molecular weight is 859 g/mol. The SMILES string of the molecule is CC(O)COc1nc(=Nc2ccccc2)[nH]c(=Nc2ccc(C=Cc3ccc(N=c4[nH]c(OCC(C)O)nc(=Nc5ccccc5)[nH]4)cc3S(=O)(=O)O)c(S(=O)(=O)O)c2)[nH]1. The van der Waals surface area contributed by atoms with Crippen molar-refractivity contribution >= 4 is 55.1 Å². The maximum Gasteiger partial charge on any atom is 0.299 e. The molecule has 0 aliphatic rings. The third-order valence-electron chi connectivity index (χ3n) is 7.71. The van der Waals surface area contributed by atoms with Crippen LogP contribution in [0.2, 0.25) is 0 Å². The molecule has 60 heavy (non-hydrogen) atoms. The second-order valence-electron chi connectivity index (χ2n) is 12.8. The molecule has 4 aromatic carbocycles. The number of hydrogen-bond donors (Lipinski definition) is 8. The summed E-state index contributed by atoms with van der Waals surface area (Å²) < 4.78 is 81.9. The van der Waals surface area contributed by atoms with Gasteiger partial charge in [-0.25, -0.2) is 20.0 Å². The van der Waals surface area contributed by atoms with E-state index in [2.05, 4.69) is 49.9 Å². The highest BCUT2D eigenvalue weighted by Crippen LogP contribution is 2.27. The van der Waals surface area contributed by atoms with Crippen molar-refractivity contribution in [3.8, 4) is 12.0 Å². The summed E-state index contributed by atoms with van der Waals surface area (Å²) in [5, 5.41) is 19.4. The Balaban J connectivity index is 1.37. The minimum Gasteiger partial charge on any atom is -0.462 e. The van der Waals surface area contributed by atoms with E-state index in [0.29, 0.717) is 11.4 Å². The number of hydrogen-bond acceptors (Lipinski definition) is 14. The maximum absolute atomic E-state index is 12.6. The lowest BCUT2D eigenvalue weighted by Crippen LogP contribution is -2.28. The van der Waals surface area contributed by atoms with Gasteiger partial charge in [0.15, 0.2) is 0 Å². The number of ether oxygens (including phenoxy) is 2. The van der Waals surface area contributed by atoms with E-state index in [0.717, 1.165) is 12.1 Å². The Morgan fingerprint density at radius 3 is 1.30 bits per heavy atom. The third kappa shape index (κ3) is 12.3. The first kappa shape index (κ1) is 42.8. The van der Waals surface area contributed by atoms with E-state index in [1.165, 1.54) is 50.3 Å². The average Bonchev–Trinajstić information content (AvgIpc) is 3.19. The van der Waals surface area contributed by atoms with Gasteiger partial charge in [0, 0.05) is 0 Å². The Hall–Kier alpha value is -6.82. The van der Waals surface area contributed by atoms with Crippen LogP contribution in [-0.4, -0.2) is 91.5 Å². The molecule has 0 saturated carbocycles. The number of aromatic amines is 4. The molecule has 312 valence electrons. The van der Waals surface area contributed by atoms with E-state index in [1.54, 1.807) is 48.5 Å². The highest BCUT2D eigenvalue weighted by molar-refractivity contribution is 7.86. The summed E-state index contributed by atoms with van der Waals surface area (Å²) in [6, 6.07) is 25.2. The molecule has 0 aliphatic heterocycles. The molecule has 8 N–H and O–H groups in total. The summed E-state index contributed by atoms with van der Waals surface area (Å²) in [5.41, 5.74) is 1.22. The van der Waals surface area contributed by atoms with Gasteiger partial charge >= 0.3 is 0 Å². The van der Waals surface area contributed by atoms with Crippen LogP contribution in [0.3, 0.4) is 0 Å². The van der Waals surface area contributed by atoms with Gasteiger partial charge in [-0.3, -0.25) is 29.0 Å². The molecule has 0 amide bonds. The van der Waals surface area contributed by atoms with Gasteiger partial charge in [-0.15, -0.1) is 0 Å². The zero-order chi connectivity index (χ0) is 42.9. The van der Waals surface area contributed by atoms with Gasteiger partial charge in [-0.2, -0.15) is 26.8 Å². The molecule has 0 spiro atoms. The van der Waals surface area contributed by atoms with E-state index in [-0.39, 0.29) is 70.2 Å². The van der Waals surface area contributed by atoms with Gasteiger partial charge in [0.2, 0.25) is 22.5 Å². The second kappa shape index (κ2) is 18.8. The Morgan fingerprint density at radius 2 is 0.950 bits per heavy atom. The van der Waals surface area contributed by atoms with Crippen molar-refractivity contribution in [2.24, 2.45) is 20.0 Å². The number of para-hydroxylation sites is 2. The van der Waals surface area contributed by atoms with E-state index in [1.807, 2.05) is 12.1 Å². The molecule has 0 aliphatic carbocycles. The van der Waals surface area contributed by atoms with Crippen LogP contribution in [0.25, 0.3) is 12.2 Å². The summed E-state index contributed by atoms with van der Waals surface area (Å²) in [7, 11) is -9.77. The van der Waals surface area contributed by atoms with Gasteiger partial charge in [0.1, 0.15) is 23.0 Å². The number of H-pyrrole nitrogens is 4. The second-order valence-corrected chi connectivity index (χ2v) is 15.6. The van der Waals surface area contributed by atoms with Gasteiger partial charge in [0.05, 0.1) is 35.0 Å². The largest absolute Gasteiger partial charge is 0.462 e. The first-order chi connectivity index (χ1) is 28.6. The summed E-state index contributed by atoms with van der Waals surface area (Å²) >= 11 is 0. The van der Waals surface area contributed by atoms with Crippen LogP contribution in [0, 0.1) is 0 Å². The maximum atomic E-state index is 12.6. The summed E-state index contributed by atoms with van der Waals surface area (Å²) in [6.07, 6.45) is 0.806. The smallest absolute Gasteiger partial charge is 0.299 e. The first-order valence-electron chi connectivity index (χ1n) is 17.8. The molecule has 0 fully saturated rings. The van der Waals surface area contributed by atoms with Gasteiger partial charge in [0.25, 0.3) is 32.3 Å². The van der Waals surface area contributed by atoms with Crippen molar-refractivity contribution in [3.05, 3.63) is 131 Å². The van der Waals surface area contributed by atoms with Gasteiger partial charge in [-0.05, 0) is 73.5 Å². The zero-order valence-electron chi connectivity index (χ0n) is 31.7. The van der Waals surface area contributed by atoms with Crippen LogP contribution in [0.15, 0.2) is 127 Å². The lowest BCUT2D eigenvalue weighted by Gasteiger charge is -2.08. The molecule has 6 rings (SSSR count). The zero-order valence-corrected chi connectivity index (χ0v) is 33.3. The van der Waals surface area contributed by atoms with E-state index in [9.17, 15) is 36.2 Å².